The average Bonchev–Trinajstić information content (AvgIpc) is 3.06. The molecule has 2 aromatic carbocycles. The molecular formula is C19H15N4S. The number of aryl methyl sites for hydroxylation is 1. The van der Waals surface area contributed by atoms with Gasteiger partial charge in [0.15, 0.2) is 5.65 Å². The number of rotatable bonds is 4. The molecule has 4 rings (SSSR count). The maximum Gasteiger partial charge on any atom is 0.202 e. The topological polar surface area (TPSA) is 43.1 Å². The van der Waals surface area contributed by atoms with Gasteiger partial charge in [0.1, 0.15) is 5.82 Å². The fourth-order valence-electron chi connectivity index (χ4n) is 2.46. The van der Waals surface area contributed by atoms with Crippen molar-refractivity contribution in [3.63, 3.8) is 0 Å². The fourth-order valence-corrected chi connectivity index (χ4v) is 3.30. The molecule has 0 N–H and O–H groups in total. The number of nitrogens with zero attached hydrogens (tertiary/aromatic N) is 4. The summed E-state index contributed by atoms with van der Waals surface area (Å²) >= 11 is 1.75. The second-order valence-electron chi connectivity index (χ2n) is 5.33. The van der Waals surface area contributed by atoms with E-state index in [1.807, 2.05) is 19.2 Å². The van der Waals surface area contributed by atoms with E-state index in [9.17, 15) is 0 Å². The van der Waals surface area contributed by atoms with Crippen molar-refractivity contribution in [2.75, 3.05) is 0 Å². The van der Waals surface area contributed by atoms with Crippen molar-refractivity contribution in [3.05, 3.63) is 72.9 Å². The van der Waals surface area contributed by atoms with Gasteiger partial charge in [0.2, 0.25) is 6.33 Å². The van der Waals surface area contributed by atoms with Gasteiger partial charge in [-0.1, -0.05) is 49.0 Å². The molecule has 0 aliphatic heterocycles. The van der Waals surface area contributed by atoms with Gasteiger partial charge in [-0.15, -0.1) is 0 Å². The number of hydrogen-bond donors (Lipinski definition) is 0. The fraction of sp³-hybridized carbons (Fsp3) is 0.105. The highest BCUT2D eigenvalue weighted by atomic mass is 32.2. The summed E-state index contributed by atoms with van der Waals surface area (Å²) in [4.78, 5) is 11.2. The van der Waals surface area contributed by atoms with Gasteiger partial charge >= 0.3 is 0 Å². The molecule has 0 saturated heterocycles. The third-order valence-electron chi connectivity index (χ3n) is 3.71. The lowest BCUT2D eigenvalue weighted by molar-refractivity contribution is 0.830. The summed E-state index contributed by atoms with van der Waals surface area (Å²) in [5.41, 5.74) is 2.89. The molecule has 1 radical (unpaired) electrons. The molecule has 2 heterocycles. The average molecular weight is 331 g/mol. The minimum atomic E-state index is 0.778. The molecule has 2 aromatic heterocycles. The minimum absolute atomic E-state index is 0.778. The second-order valence-corrected chi connectivity index (χ2v) is 6.47. The third-order valence-corrected chi connectivity index (χ3v) is 4.73. The second kappa shape index (κ2) is 6.45. The Morgan fingerprint density at radius 2 is 1.75 bits per heavy atom. The van der Waals surface area contributed by atoms with Crippen molar-refractivity contribution in [1.29, 1.82) is 0 Å². The van der Waals surface area contributed by atoms with Crippen molar-refractivity contribution in [3.8, 4) is 11.1 Å². The Morgan fingerprint density at radius 1 is 1.00 bits per heavy atom. The molecule has 4 aromatic rings. The Hall–Kier alpha value is -2.66. The molecule has 0 unspecified atom stereocenters. The van der Waals surface area contributed by atoms with Crippen LogP contribution in [0, 0.1) is 6.33 Å². The van der Waals surface area contributed by atoms with E-state index in [0.29, 0.717) is 0 Å². The van der Waals surface area contributed by atoms with Gasteiger partial charge in [0.25, 0.3) is 0 Å². The van der Waals surface area contributed by atoms with Crippen LogP contribution in [0.5, 0.6) is 0 Å². The van der Waals surface area contributed by atoms with Gasteiger partial charge in [0, 0.05) is 21.8 Å². The van der Waals surface area contributed by atoms with Crippen molar-refractivity contribution in [2.24, 2.45) is 0 Å². The van der Waals surface area contributed by atoms with Gasteiger partial charge in [-0.05, 0) is 29.8 Å². The number of hydrogen-bond acceptors (Lipinski definition) is 4. The molecule has 0 fully saturated rings. The lowest BCUT2D eigenvalue weighted by atomic mass is 10.1. The lowest BCUT2D eigenvalue weighted by Gasteiger charge is -2.04. The molecule has 4 nitrogen and oxygen atoms in total. The zero-order valence-electron chi connectivity index (χ0n) is 13.2. The summed E-state index contributed by atoms with van der Waals surface area (Å²) in [5.74, 6) is 0.778. The highest BCUT2D eigenvalue weighted by molar-refractivity contribution is 7.99. The van der Waals surface area contributed by atoms with Crippen LogP contribution in [0.25, 0.3) is 16.8 Å². The highest BCUT2D eigenvalue weighted by Gasteiger charge is 2.10. The zero-order chi connectivity index (χ0) is 16.4. The van der Waals surface area contributed by atoms with E-state index in [0.717, 1.165) is 29.0 Å². The van der Waals surface area contributed by atoms with Crippen molar-refractivity contribution in [1.82, 2.24) is 19.6 Å². The monoisotopic (exact) mass is 331 g/mol. The van der Waals surface area contributed by atoms with Gasteiger partial charge in [0.05, 0.1) is 6.20 Å². The first-order valence-electron chi connectivity index (χ1n) is 7.79. The quantitative estimate of drug-likeness (QED) is 0.559. The highest BCUT2D eigenvalue weighted by Crippen LogP contribution is 2.30. The van der Waals surface area contributed by atoms with Crippen LogP contribution in [-0.2, 0) is 6.42 Å². The summed E-state index contributed by atoms with van der Waals surface area (Å²) in [6.45, 7) is 2.03. The standard InChI is InChI=1S/C19H15N4S/c1-2-18-20-13-23-19(22-18)17(12-21-23)14-8-10-16(11-9-14)24-15-6-4-3-5-7-15/h3-12H,2H2,1H3. The van der Waals surface area contributed by atoms with Crippen LogP contribution in [-0.4, -0.2) is 19.6 Å². The summed E-state index contributed by atoms with van der Waals surface area (Å²) in [5, 5.41) is 4.29. The number of aromatic nitrogens is 4. The van der Waals surface area contributed by atoms with Crippen LogP contribution in [0.3, 0.4) is 0 Å². The maximum atomic E-state index is 4.57. The molecule has 0 aliphatic carbocycles. The third kappa shape index (κ3) is 2.90. The lowest BCUT2D eigenvalue weighted by Crippen LogP contribution is -1.99. The molecule has 0 spiro atoms. The Morgan fingerprint density at radius 3 is 2.50 bits per heavy atom. The molecular weight excluding hydrogens is 316 g/mol. The first-order valence-corrected chi connectivity index (χ1v) is 8.61. The van der Waals surface area contributed by atoms with Crippen LogP contribution in [0.1, 0.15) is 12.7 Å². The van der Waals surface area contributed by atoms with E-state index in [1.165, 1.54) is 9.79 Å². The van der Waals surface area contributed by atoms with Crippen molar-refractivity contribution in [2.45, 2.75) is 23.1 Å². The summed E-state index contributed by atoms with van der Waals surface area (Å²) in [6, 6.07) is 18.8. The molecule has 24 heavy (non-hydrogen) atoms. The van der Waals surface area contributed by atoms with E-state index < -0.39 is 0 Å². The van der Waals surface area contributed by atoms with Crippen LogP contribution in [0.4, 0.5) is 0 Å². The van der Waals surface area contributed by atoms with Crippen LogP contribution in [0.2, 0.25) is 0 Å². The molecule has 0 aliphatic rings. The Labute approximate surface area is 144 Å². The smallest absolute Gasteiger partial charge is 0.202 e. The first-order chi connectivity index (χ1) is 11.8. The maximum absolute atomic E-state index is 4.57. The first kappa shape index (κ1) is 14.9. The number of benzene rings is 2. The van der Waals surface area contributed by atoms with Gasteiger partial charge in [-0.2, -0.15) is 9.61 Å². The van der Waals surface area contributed by atoms with Crippen molar-refractivity contribution < 1.29 is 0 Å². The van der Waals surface area contributed by atoms with E-state index in [-0.39, 0.29) is 0 Å². The van der Waals surface area contributed by atoms with Gasteiger partial charge in [-0.3, -0.25) is 0 Å². The Bertz CT molecular complexity index is 962. The predicted molar refractivity (Wildman–Crippen MR) is 95.0 cm³/mol. The van der Waals surface area contributed by atoms with E-state index >= 15 is 0 Å². The predicted octanol–water partition coefficient (Wildman–Crippen LogP) is 4.31. The molecule has 0 atom stereocenters. The van der Waals surface area contributed by atoms with E-state index in [1.54, 1.807) is 16.3 Å². The molecule has 0 saturated carbocycles. The Kier molecular flexibility index (Phi) is 4.01. The Balaban J connectivity index is 1.65. The van der Waals surface area contributed by atoms with Gasteiger partial charge < -0.3 is 0 Å². The summed E-state index contributed by atoms with van der Waals surface area (Å²) in [6.07, 6.45) is 5.49. The van der Waals surface area contributed by atoms with Crippen LogP contribution >= 0.6 is 11.8 Å². The molecule has 117 valence electrons. The summed E-state index contributed by atoms with van der Waals surface area (Å²) < 4.78 is 1.60. The molecule has 0 amide bonds. The largest absolute Gasteiger partial charge is 0.213 e. The van der Waals surface area contributed by atoms with Crippen LogP contribution in [0.15, 0.2) is 70.6 Å². The zero-order valence-corrected chi connectivity index (χ0v) is 14.0. The van der Waals surface area contributed by atoms with Gasteiger partial charge in [-0.25, -0.2) is 9.97 Å². The van der Waals surface area contributed by atoms with E-state index in [2.05, 4.69) is 69.9 Å². The normalized spacial score (nSPS) is 11.0. The molecule has 0 bridgehead atoms. The summed E-state index contributed by atoms with van der Waals surface area (Å²) in [7, 11) is 0. The van der Waals surface area contributed by atoms with Crippen molar-refractivity contribution >= 4 is 17.4 Å². The van der Waals surface area contributed by atoms with Crippen LogP contribution < -0.4 is 0 Å². The number of fused-ring (bicyclic) bond motifs is 1. The molecule has 5 heteroatoms. The van der Waals surface area contributed by atoms with E-state index in [4.69, 9.17) is 0 Å². The SMILES string of the molecule is CCc1n[c]n2ncc(-c3ccc(Sc4ccccc4)cc3)c2n1. The minimum Gasteiger partial charge on any atom is -0.213 e.